The molecular weight excluding hydrogens is 229 g/mol. The molecule has 0 amide bonds. The Kier molecular flexibility index (Phi) is 2.48. The first-order chi connectivity index (χ1) is 8.74. The fourth-order valence-corrected chi connectivity index (χ4v) is 2.00. The van der Waals surface area contributed by atoms with Crippen molar-refractivity contribution in [3.05, 3.63) is 66.0 Å². The molecule has 0 aliphatic rings. The van der Waals surface area contributed by atoms with Crippen molar-refractivity contribution in [2.45, 2.75) is 6.42 Å². The number of nitrogens with two attached hydrogens (primary N) is 1. The number of rotatable bonds is 2. The van der Waals surface area contributed by atoms with Gasteiger partial charge in [-0.3, -0.25) is 0 Å². The van der Waals surface area contributed by atoms with E-state index in [2.05, 4.69) is 4.98 Å². The molecule has 4 heteroatoms. The third kappa shape index (κ3) is 1.82. The zero-order valence-corrected chi connectivity index (χ0v) is 9.68. The predicted octanol–water partition coefficient (Wildman–Crippen LogP) is 2.65. The Morgan fingerprint density at radius 3 is 2.83 bits per heavy atom. The minimum absolute atomic E-state index is 0.210. The molecule has 3 nitrogen and oxygen atoms in total. The van der Waals surface area contributed by atoms with Crippen LogP contribution in [-0.4, -0.2) is 9.38 Å². The molecule has 0 unspecified atom stereocenters. The van der Waals surface area contributed by atoms with Gasteiger partial charge < -0.3 is 10.1 Å². The summed E-state index contributed by atoms with van der Waals surface area (Å²) in [6, 6.07) is 10.4. The van der Waals surface area contributed by atoms with Crippen LogP contribution in [0, 0.1) is 5.82 Å². The minimum Gasteiger partial charge on any atom is -0.398 e. The van der Waals surface area contributed by atoms with Crippen LogP contribution >= 0.6 is 0 Å². The fraction of sp³-hybridized carbons (Fsp3) is 0.0714. The van der Waals surface area contributed by atoms with Crippen molar-refractivity contribution in [3.63, 3.8) is 0 Å². The summed E-state index contributed by atoms with van der Waals surface area (Å²) in [5.74, 6) is 0.570. The minimum atomic E-state index is -0.210. The van der Waals surface area contributed by atoms with Crippen LogP contribution in [0.5, 0.6) is 0 Å². The third-order valence-electron chi connectivity index (χ3n) is 2.93. The molecule has 0 spiro atoms. The van der Waals surface area contributed by atoms with E-state index in [9.17, 15) is 4.39 Å². The summed E-state index contributed by atoms with van der Waals surface area (Å²) < 4.78 is 15.5. The summed E-state index contributed by atoms with van der Waals surface area (Å²) >= 11 is 0. The highest BCUT2D eigenvalue weighted by molar-refractivity contribution is 5.52. The third-order valence-corrected chi connectivity index (χ3v) is 2.93. The Balaban J connectivity index is 2.05. The van der Waals surface area contributed by atoms with Gasteiger partial charge in [-0.05, 0) is 23.8 Å². The van der Waals surface area contributed by atoms with Crippen LogP contribution < -0.4 is 5.73 Å². The van der Waals surface area contributed by atoms with Crippen molar-refractivity contribution in [1.29, 1.82) is 0 Å². The van der Waals surface area contributed by atoms with Gasteiger partial charge in [-0.15, -0.1) is 0 Å². The number of halogens is 1. The maximum Gasteiger partial charge on any atom is 0.126 e. The smallest absolute Gasteiger partial charge is 0.126 e. The highest BCUT2D eigenvalue weighted by Crippen LogP contribution is 2.15. The summed E-state index contributed by atoms with van der Waals surface area (Å²) in [7, 11) is 0. The lowest BCUT2D eigenvalue weighted by molar-refractivity contribution is 0.612. The average Bonchev–Trinajstić information content (AvgIpc) is 2.75. The van der Waals surface area contributed by atoms with Crippen LogP contribution in [0.25, 0.3) is 5.52 Å². The van der Waals surface area contributed by atoms with Crippen molar-refractivity contribution in [2.24, 2.45) is 0 Å². The Morgan fingerprint density at radius 2 is 2.00 bits per heavy atom. The van der Waals surface area contributed by atoms with E-state index in [0.717, 1.165) is 11.3 Å². The summed E-state index contributed by atoms with van der Waals surface area (Å²) in [5.41, 5.74) is 8.00. The van der Waals surface area contributed by atoms with Crippen LogP contribution in [0.15, 0.2) is 48.8 Å². The van der Waals surface area contributed by atoms with Gasteiger partial charge in [0.05, 0.1) is 11.7 Å². The van der Waals surface area contributed by atoms with Gasteiger partial charge in [0.15, 0.2) is 0 Å². The second kappa shape index (κ2) is 4.14. The van der Waals surface area contributed by atoms with Crippen molar-refractivity contribution >= 4 is 11.2 Å². The number of nitrogen functional groups attached to an aromatic ring is 1. The molecule has 0 saturated carbocycles. The maximum atomic E-state index is 13.6. The molecule has 3 rings (SSSR count). The number of nitrogens with zero attached hydrogens (tertiary/aromatic N) is 2. The van der Waals surface area contributed by atoms with Crippen molar-refractivity contribution in [1.82, 2.24) is 9.38 Å². The number of hydrogen-bond donors (Lipinski definition) is 1. The zero-order chi connectivity index (χ0) is 12.5. The van der Waals surface area contributed by atoms with E-state index < -0.39 is 0 Å². The lowest BCUT2D eigenvalue weighted by Gasteiger charge is -2.04. The molecule has 18 heavy (non-hydrogen) atoms. The quantitative estimate of drug-likeness (QED) is 0.749. The van der Waals surface area contributed by atoms with Gasteiger partial charge in [-0.2, -0.15) is 0 Å². The highest BCUT2D eigenvalue weighted by Gasteiger charge is 2.07. The van der Waals surface area contributed by atoms with Crippen molar-refractivity contribution in [3.8, 4) is 0 Å². The van der Waals surface area contributed by atoms with E-state index in [1.54, 1.807) is 24.5 Å². The number of anilines is 1. The molecule has 1 aromatic carbocycles. The van der Waals surface area contributed by atoms with Crippen LogP contribution in [0.2, 0.25) is 0 Å². The van der Waals surface area contributed by atoms with E-state index in [1.807, 2.05) is 22.6 Å². The molecule has 0 saturated heterocycles. The van der Waals surface area contributed by atoms with E-state index in [0.29, 0.717) is 17.7 Å². The number of aromatic nitrogens is 2. The molecule has 2 aromatic heterocycles. The standard InChI is InChI=1S/C14H12FN3/c15-13-4-2-1-3-10(13)7-14-17-8-12-6-5-11(16)9-18(12)14/h1-6,8-9H,7,16H2. The number of pyridine rings is 1. The molecular formula is C14H12FN3. The fourth-order valence-electron chi connectivity index (χ4n) is 2.00. The normalized spacial score (nSPS) is 10.9. The van der Waals surface area contributed by atoms with Crippen LogP contribution in [0.3, 0.4) is 0 Å². The summed E-state index contributed by atoms with van der Waals surface area (Å²) in [6.45, 7) is 0. The van der Waals surface area contributed by atoms with Gasteiger partial charge >= 0.3 is 0 Å². The van der Waals surface area contributed by atoms with E-state index in [4.69, 9.17) is 5.73 Å². The van der Waals surface area contributed by atoms with Crippen molar-refractivity contribution in [2.75, 3.05) is 5.73 Å². The first-order valence-electron chi connectivity index (χ1n) is 5.69. The Morgan fingerprint density at radius 1 is 1.17 bits per heavy atom. The predicted molar refractivity (Wildman–Crippen MR) is 68.8 cm³/mol. The van der Waals surface area contributed by atoms with Crippen LogP contribution in [-0.2, 0) is 6.42 Å². The molecule has 2 heterocycles. The Bertz CT molecular complexity index is 703. The maximum absolute atomic E-state index is 13.6. The highest BCUT2D eigenvalue weighted by atomic mass is 19.1. The number of imidazole rings is 1. The molecule has 0 aliphatic heterocycles. The lowest BCUT2D eigenvalue weighted by atomic mass is 10.1. The first kappa shape index (κ1) is 10.8. The van der Waals surface area contributed by atoms with E-state index >= 15 is 0 Å². The summed E-state index contributed by atoms with van der Waals surface area (Å²) in [6.07, 6.45) is 4.01. The second-order valence-electron chi connectivity index (χ2n) is 4.20. The van der Waals surface area contributed by atoms with Gasteiger partial charge in [0, 0.05) is 18.3 Å². The second-order valence-corrected chi connectivity index (χ2v) is 4.20. The first-order valence-corrected chi connectivity index (χ1v) is 5.69. The van der Waals surface area contributed by atoms with Gasteiger partial charge in [0.2, 0.25) is 0 Å². The van der Waals surface area contributed by atoms with Crippen molar-refractivity contribution < 1.29 is 4.39 Å². The van der Waals surface area contributed by atoms with Gasteiger partial charge in [-0.25, -0.2) is 9.37 Å². The number of benzene rings is 1. The van der Waals surface area contributed by atoms with E-state index in [1.165, 1.54) is 6.07 Å². The average molecular weight is 241 g/mol. The summed E-state index contributed by atoms with van der Waals surface area (Å²) in [5, 5.41) is 0. The molecule has 0 aliphatic carbocycles. The van der Waals surface area contributed by atoms with E-state index in [-0.39, 0.29) is 5.82 Å². The lowest BCUT2D eigenvalue weighted by Crippen LogP contribution is -1.99. The molecule has 2 N–H and O–H groups in total. The SMILES string of the molecule is Nc1ccc2cnc(Cc3ccccc3F)n2c1. The van der Waals surface area contributed by atoms with Crippen LogP contribution in [0.1, 0.15) is 11.4 Å². The zero-order valence-electron chi connectivity index (χ0n) is 9.68. The van der Waals surface area contributed by atoms with Crippen LogP contribution in [0.4, 0.5) is 10.1 Å². The monoisotopic (exact) mass is 241 g/mol. The Labute approximate surface area is 104 Å². The van der Waals surface area contributed by atoms with Gasteiger partial charge in [-0.1, -0.05) is 18.2 Å². The molecule has 0 atom stereocenters. The number of fused-ring (bicyclic) bond motifs is 1. The molecule has 90 valence electrons. The topological polar surface area (TPSA) is 43.3 Å². The van der Waals surface area contributed by atoms with Gasteiger partial charge in [0.1, 0.15) is 11.6 Å². The Hall–Kier alpha value is -2.36. The van der Waals surface area contributed by atoms with Gasteiger partial charge in [0.25, 0.3) is 0 Å². The largest absolute Gasteiger partial charge is 0.398 e. The molecule has 3 aromatic rings. The number of hydrogen-bond acceptors (Lipinski definition) is 2. The molecule has 0 fully saturated rings. The summed E-state index contributed by atoms with van der Waals surface area (Å²) in [4.78, 5) is 4.31. The molecule has 0 radical (unpaired) electrons. The molecule has 0 bridgehead atoms.